The van der Waals surface area contributed by atoms with Crippen LogP contribution in [0.1, 0.15) is 25.8 Å². The van der Waals surface area contributed by atoms with Crippen LogP contribution in [0.4, 0.5) is 19.7 Å². The Morgan fingerprint density at radius 1 is 1.14 bits per heavy atom. The quantitative estimate of drug-likeness (QED) is 0.219. The van der Waals surface area contributed by atoms with Gasteiger partial charge < -0.3 is 15.5 Å². The van der Waals surface area contributed by atoms with Gasteiger partial charge in [0, 0.05) is 24.2 Å². The summed E-state index contributed by atoms with van der Waals surface area (Å²) < 4.78 is 50.3. The van der Waals surface area contributed by atoms with Crippen LogP contribution in [0, 0.1) is 5.82 Å². The Kier molecular flexibility index (Phi) is 10.5. The molecule has 0 aromatic heterocycles. The van der Waals surface area contributed by atoms with Crippen LogP contribution in [0.5, 0.6) is 5.75 Å². The molecule has 0 fully saturated rings. The van der Waals surface area contributed by atoms with E-state index in [1.807, 2.05) is 0 Å². The molecule has 0 atom stereocenters. The minimum Gasteiger partial charge on any atom is -0.488 e. The van der Waals surface area contributed by atoms with Crippen molar-refractivity contribution in [3.63, 3.8) is 0 Å². The van der Waals surface area contributed by atoms with E-state index in [4.69, 9.17) is 20.9 Å². The lowest BCUT2D eigenvalue weighted by Gasteiger charge is -2.22. The number of nitrogens with one attached hydrogen (secondary N) is 4. The Morgan fingerprint density at radius 3 is 2.43 bits per heavy atom. The molecule has 0 saturated carbocycles. The number of imide groups is 1. The summed E-state index contributed by atoms with van der Waals surface area (Å²) in [5.74, 6) is -1.20. The van der Waals surface area contributed by atoms with Crippen molar-refractivity contribution in [2.75, 3.05) is 17.7 Å². The maximum absolute atomic E-state index is 14.1. The first-order valence-corrected chi connectivity index (χ1v) is 12.5. The molecule has 2 aromatic carbocycles. The molecule has 2 aromatic rings. The van der Waals surface area contributed by atoms with Crippen molar-refractivity contribution < 1.29 is 31.7 Å². The van der Waals surface area contributed by atoms with Crippen molar-refractivity contribution in [3.05, 3.63) is 58.9 Å². The fourth-order valence-electron chi connectivity index (χ4n) is 2.73. The molecule has 0 aliphatic rings. The molecule has 0 unspecified atom stereocenters. The van der Waals surface area contributed by atoms with E-state index >= 15 is 0 Å². The summed E-state index contributed by atoms with van der Waals surface area (Å²) >= 11 is 5.83. The Labute approximate surface area is 207 Å². The highest BCUT2D eigenvalue weighted by Crippen LogP contribution is 2.21. The van der Waals surface area contributed by atoms with Crippen LogP contribution in [-0.2, 0) is 16.7 Å². The number of hydrogen-bond acceptors (Lipinski definition) is 7. The van der Waals surface area contributed by atoms with E-state index in [2.05, 4.69) is 21.7 Å². The third-order valence-corrected chi connectivity index (χ3v) is 5.36. The summed E-state index contributed by atoms with van der Waals surface area (Å²) in [5.41, 5.74) is 8.08. The molecule has 0 aliphatic carbocycles. The van der Waals surface area contributed by atoms with E-state index < -0.39 is 33.8 Å². The third kappa shape index (κ3) is 10.3. The van der Waals surface area contributed by atoms with Gasteiger partial charge in [0.2, 0.25) is 0 Å². The molecule has 0 spiro atoms. The van der Waals surface area contributed by atoms with Crippen LogP contribution < -0.4 is 26.4 Å². The molecule has 192 valence electrons. The molecule has 35 heavy (non-hydrogen) atoms. The number of nitrogens with zero attached hydrogens (tertiary/aromatic N) is 1. The molecule has 0 radical (unpaired) electrons. The van der Waals surface area contributed by atoms with Crippen LogP contribution in [0.25, 0.3) is 0 Å². The lowest BCUT2D eigenvalue weighted by molar-refractivity contribution is 0.183. The van der Waals surface area contributed by atoms with Gasteiger partial charge in [0.05, 0.1) is 17.5 Å². The van der Waals surface area contributed by atoms with E-state index in [1.165, 1.54) is 12.1 Å². The van der Waals surface area contributed by atoms with E-state index in [-0.39, 0.29) is 37.1 Å². The molecule has 11 nitrogen and oxygen atoms in total. The standard InChI is InChI=1S/C21H27ClFN5O6S/c1-14(2)34-19-9-8-17(12-18(19)23)25-27-26-21(30)28(10-3-11-35(31,32)33)20(29)24-13-15-4-6-16(22)7-5-15/h4-9,12,14,25,27H,3,10-11,13H2,1-2H3,(H,24,29)(H,26,30)(H,31,32,33). The molecule has 4 amide bonds. The maximum Gasteiger partial charge on any atom is 0.341 e. The summed E-state index contributed by atoms with van der Waals surface area (Å²) in [5, 5.41) is 3.06. The smallest absolute Gasteiger partial charge is 0.341 e. The van der Waals surface area contributed by atoms with Gasteiger partial charge in [-0.05, 0) is 50.1 Å². The number of rotatable bonds is 11. The number of hydrazine groups is 2. The fourth-order valence-corrected chi connectivity index (χ4v) is 3.35. The minimum absolute atomic E-state index is 0.0666. The van der Waals surface area contributed by atoms with Gasteiger partial charge in [0.15, 0.2) is 11.6 Å². The topological polar surface area (TPSA) is 149 Å². The zero-order valence-electron chi connectivity index (χ0n) is 19.0. The monoisotopic (exact) mass is 531 g/mol. The van der Waals surface area contributed by atoms with Gasteiger partial charge in [-0.1, -0.05) is 23.7 Å². The lowest BCUT2D eigenvalue weighted by atomic mass is 10.2. The van der Waals surface area contributed by atoms with Crippen LogP contribution in [0.3, 0.4) is 0 Å². The molecule has 5 N–H and O–H groups in total. The highest BCUT2D eigenvalue weighted by molar-refractivity contribution is 7.85. The first kappa shape index (κ1) is 28.1. The van der Waals surface area contributed by atoms with Crippen LogP contribution in [0.2, 0.25) is 5.02 Å². The van der Waals surface area contributed by atoms with Crippen molar-refractivity contribution in [2.24, 2.45) is 0 Å². The number of carbonyl (C=O) groups excluding carboxylic acids is 2. The average Bonchev–Trinajstić information content (AvgIpc) is 2.77. The SMILES string of the molecule is CC(C)Oc1ccc(NNNC(=O)N(CCCS(=O)(=O)O)C(=O)NCc2ccc(Cl)cc2)cc1F. The number of urea groups is 2. The lowest BCUT2D eigenvalue weighted by Crippen LogP contribution is -2.53. The van der Waals surface area contributed by atoms with E-state index in [9.17, 15) is 22.4 Å². The number of anilines is 1. The molecule has 0 saturated heterocycles. The van der Waals surface area contributed by atoms with Crippen molar-refractivity contribution in [2.45, 2.75) is 32.9 Å². The van der Waals surface area contributed by atoms with Gasteiger partial charge in [-0.15, -0.1) is 5.53 Å². The summed E-state index contributed by atoms with van der Waals surface area (Å²) in [6.07, 6.45) is -0.408. The Bertz CT molecular complexity index is 1120. The normalized spacial score (nSPS) is 11.1. The second kappa shape index (κ2) is 13.1. The first-order chi connectivity index (χ1) is 16.4. The Balaban J connectivity index is 1.96. The summed E-state index contributed by atoms with van der Waals surface area (Å²) in [7, 11) is -4.28. The van der Waals surface area contributed by atoms with Crippen LogP contribution in [0.15, 0.2) is 42.5 Å². The van der Waals surface area contributed by atoms with Crippen molar-refractivity contribution in [1.82, 2.24) is 21.2 Å². The van der Waals surface area contributed by atoms with Gasteiger partial charge in [0.1, 0.15) is 0 Å². The number of hydrogen-bond donors (Lipinski definition) is 5. The van der Waals surface area contributed by atoms with Gasteiger partial charge in [-0.2, -0.15) is 8.42 Å². The second-order valence-electron chi connectivity index (χ2n) is 7.57. The molecule has 0 heterocycles. The Morgan fingerprint density at radius 2 is 1.83 bits per heavy atom. The third-order valence-electron chi connectivity index (χ3n) is 4.30. The van der Waals surface area contributed by atoms with Gasteiger partial charge in [-0.3, -0.25) is 9.98 Å². The molecule has 2 rings (SSSR count). The van der Waals surface area contributed by atoms with Crippen molar-refractivity contribution in [1.29, 1.82) is 0 Å². The number of ether oxygens (including phenoxy) is 1. The summed E-state index contributed by atoms with van der Waals surface area (Å²) in [6, 6.07) is 8.97. The van der Waals surface area contributed by atoms with Crippen LogP contribution >= 0.6 is 11.6 Å². The van der Waals surface area contributed by atoms with Gasteiger partial charge >= 0.3 is 12.1 Å². The second-order valence-corrected chi connectivity index (χ2v) is 9.58. The summed E-state index contributed by atoms with van der Waals surface area (Å²) in [4.78, 5) is 25.9. The fraction of sp³-hybridized carbons (Fsp3) is 0.333. The first-order valence-electron chi connectivity index (χ1n) is 10.5. The maximum atomic E-state index is 14.1. The van der Waals surface area contributed by atoms with Crippen LogP contribution in [-0.4, -0.2) is 48.3 Å². The number of amides is 4. The summed E-state index contributed by atoms with van der Waals surface area (Å²) in [6.45, 7) is 3.29. The number of carbonyl (C=O) groups is 2. The molecule has 14 heteroatoms. The minimum atomic E-state index is -4.28. The highest BCUT2D eigenvalue weighted by atomic mass is 35.5. The zero-order valence-corrected chi connectivity index (χ0v) is 20.6. The predicted molar refractivity (Wildman–Crippen MR) is 129 cm³/mol. The van der Waals surface area contributed by atoms with Crippen molar-refractivity contribution >= 4 is 39.5 Å². The van der Waals surface area contributed by atoms with Gasteiger partial charge in [0.25, 0.3) is 10.1 Å². The molecular weight excluding hydrogens is 505 g/mol. The Hall–Kier alpha value is -3.13. The predicted octanol–water partition coefficient (Wildman–Crippen LogP) is 3.30. The average molecular weight is 532 g/mol. The molecular formula is C21H27ClFN5O6S. The van der Waals surface area contributed by atoms with E-state index in [0.717, 1.165) is 11.0 Å². The zero-order chi connectivity index (χ0) is 26.0. The highest BCUT2D eigenvalue weighted by Gasteiger charge is 2.22. The molecule has 0 bridgehead atoms. The largest absolute Gasteiger partial charge is 0.488 e. The van der Waals surface area contributed by atoms with Gasteiger partial charge in [-0.25, -0.2) is 18.9 Å². The number of benzene rings is 2. The molecule has 0 aliphatic heterocycles. The number of halogens is 2. The van der Waals surface area contributed by atoms with E-state index in [1.54, 1.807) is 38.1 Å². The van der Waals surface area contributed by atoms with E-state index in [0.29, 0.717) is 10.6 Å². The van der Waals surface area contributed by atoms with Crippen molar-refractivity contribution in [3.8, 4) is 5.75 Å².